The van der Waals surface area contributed by atoms with Crippen LogP contribution in [0.3, 0.4) is 0 Å². The highest BCUT2D eigenvalue weighted by Crippen LogP contribution is 2.25. The van der Waals surface area contributed by atoms with E-state index in [2.05, 4.69) is 10.4 Å². The smallest absolute Gasteiger partial charge is 0.234 e. The minimum atomic E-state index is -0.0684. The van der Waals surface area contributed by atoms with Gasteiger partial charge in [-0.2, -0.15) is 0 Å². The summed E-state index contributed by atoms with van der Waals surface area (Å²) in [6, 6.07) is 13.3. The minimum absolute atomic E-state index is 0.0684. The molecule has 0 saturated heterocycles. The van der Waals surface area contributed by atoms with Gasteiger partial charge in [0.15, 0.2) is 8.29 Å². The van der Waals surface area contributed by atoms with Crippen molar-refractivity contribution in [2.45, 2.75) is 18.2 Å². The van der Waals surface area contributed by atoms with Gasteiger partial charge in [-0.3, -0.25) is 4.79 Å². The van der Waals surface area contributed by atoms with Crippen LogP contribution in [0.25, 0.3) is 5.69 Å². The molecule has 8 heteroatoms. The van der Waals surface area contributed by atoms with Crippen LogP contribution in [0.4, 0.5) is 5.69 Å². The Morgan fingerprint density at radius 3 is 2.69 bits per heavy atom. The lowest BCUT2D eigenvalue weighted by Gasteiger charge is -2.08. The lowest BCUT2D eigenvalue weighted by atomic mass is 10.1. The lowest BCUT2D eigenvalue weighted by molar-refractivity contribution is -0.113. The van der Waals surface area contributed by atoms with Gasteiger partial charge < -0.3 is 5.32 Å². The number of nitrogens with zero attached hydrogens (tertiary/aromatic N) is 2. The van der Waals surface area contributed by atoms with Crippen LogP contribution in [0.15, 0.2) is 46.8 Å². The number of benzene rings is 2. The Kier molecular flexibility index (Phi) is 6.13. The van der Waals surface area contributed by atoms with Crippen LogP contribution in [-0.2, 0) is 4.79 Å². The summed E-state index contributed by atoms with van der Waals surface area (Å²) in [4.78, 5) is 12.2. The summed E-state index contributed by atoms with van der Waals surface area (Å²) in [6.07, 6.45) is 0. The summed E-state index contributed by atoms with van der Waals surface area (Å²) < 4.78 is 3.06. The second kappa shape index (κ2) is 8.35. The average Bonchev–Trinajstić information content (AvgIpc) is 2.97. The fraction of sp³-hybridized carbons (Fsp3) is 0.167. The molecule has 1 N–H and O–H groups in total. The Bertz CT molecular complexity index is 996. The number of amides is 1. The van der Waals surface area contributed by atoms with Crippen LogP contribution in [0.5, 0.6) is 0 Å². The first-order chi connectivity index (χ1) is 12.4. The van der Waals surface area contributed by atoms with E-state index in [0.29, 0.717) is 8.98 Å². The van der Waals surface area contributed by atoms with Gasteiger partial charge in [0.2, 0.25) is 5.91 Å². The Morgan fingerprint density at radius 1 is 1.27 bits per heavy atom. The topological polar surface area (TPSA) is 46.9 Å². The number of carbonyl (C=O) groups is 1. The number of carbonyl (C=O) groups excluding carboxylic acids is 1. The molecule has 1 heterocycles. The number of hydrogen-bond acceptors (Lipinski definition) is 5. The molecule has 26 heavy (non-hydrogen) atoms. The van der Waals surface area contributed by atoms with Crippen molar-refractivity contribution in [1.29, 1.82) is 0 Å². The molecule has 0 bridgehead atoms. The molecular formula is C18H16ClN3OS3. The molecule has 0 aliphatic heterocycles. The van der Waals surface area contributed by atoms with Gasteiger partial charge >= 0.3 is 0 Å². The van der Waals surface area contributed by atoms with Gasteiger partial charge in [0.1, 0.15) is 0 Å². The summed E-state index contributed by atoms with van der Waals surface area (Å²) in [5.74, 6) is 0.206. The monoisotopic (exact) mass is 421 g/mol. The number of halogens is 1. The zero-order valence-corrected chi connectivity index (χ0v) is 17.4. The Labute approximate surface area is 170 Å². The molecule has 3 rings (SSSR count). The highest BCUT2D eigenvalue weighted by molar-refractivity contribution is 8.01. The lowest BCUT2D eigenvalue weighted by Crippen LogP contribution is -2.14. The first kappa shape index (κ1) is 19.1. The second-order valence-electron chi connectivity index (χ2n) is 5.68. The molecule has 1 aromatic heterocycles. The zero-order chi connectivity index (χ0) is 18.7. The van der Waals surface area contributed by atoms with Crippen LogP contribution in [0.2, 0.25) is 5.02 Å². The number of anilines is 1. The second-order valence-corrected chi connectivity index (χ2v) is 8.96. The highest BCUT2D eigenvalue weighted by atomic mass is 35.5. The number of aromatic nitrogens is 2. The fourth-order valence-corrected chi connectivity index (χ4v) is 4.62. The van der Waals surface area contributed by atoms with Gasteiger partial charge in [0, 0.05) is 10.7 Å². The number of rotatable bonds is 5. The van der Waals surface area contributed by atoms with Crippen LogP contribution >= 0.6 is 46.9 Å². The van der Waals surface area contributed by atoms with Crippen molar-refractivity contribution in [3.63, 3.8) is 0 Å². The molecule has 0 fully saturated rings. The van der Waals surface area contributed by atoms with Gasteiger partial charge in [-0.15, -0.1) is 5.10 Å². The number of thioether (sulfide) groups is 1. The molecule has 1 amide bonds. The van der Waals surface area contributed by atoms with Gasteiger partial charge in [0.25, 0.3) is 0 Å². The maximum Gasteiger partial charge on any atom is 0.234 e. The Morgan fingerprint density at radius 2 is 2.00 bits per heavy atom. The standard InChI is InChI=1S/C18H16ClN3OS3/c1-11-3-8-15(12(2)9-11)20-16(23)10-25-17-21-22(18(24)26-17)14-6-4-13(19)5-7-14/h3-9H,10H2,1-2H3,(H,20,23). The Balaban J connectivity index is 1.64. The molecule has 0 saturated carbocycles. The van der Waals surface area contributed by atoms with Crippen molar-refractivity contribution >= 4 is 58.5 Å². The predicted octanol–water partition coefficient (Wildman–Crippen LogP) is 5.66. The summed E-state index contributed by atoms with van der Waals surface area (Å²) in [5, 5.41) is 8.09. The van der Waals surface area contributed by atoms with Crippen molar-refractivity contribution in [3.05, 3.63) is 62.6 Å². The fourth-order valence-electron chi connectivity index (χ4n) is 2.33. The maximum absolute atomic E-state index is 12.2. The number of aryl methyl sites for hydroxylation is 2. The van der Waals surface area contributed by atoms with E-state index in [1.54, 1.807) is 16.8 Å². The summed E-state index contributed by atoms with van der Waals surface area (Å²) in [7, 11) is 0. The predicted molar refractivity (Wildman–Crippen MR) is 113 cm³/mol. The average molecular weight is 422 g/mol. The van der Waals surface area contributed by atoms with Crippen LogP contribution in [0.1, 0.15) is 11.1 Å². The normalized spacial score (nSPS) is 10.7. The third-order valence-electron chi connectivity index (χ3n) is 3.58. The van der Waals surface area contributed by atoms with Gasteiger partial charge in [-0.25, -0.2) is 4.68 Å². The minimum Gasteiger partial charge on any atom is -0.325 e. The largest absolute Gasteiger partial charge is 0.325 e. The van der Waals surface area contributed by atoms with E-state index < -0.39 is 0 Å². The van der Waals surface area contributed by atoms with E-state index in [0.717, 1.165) is 21.3 Å². The van der Waals surface area contributed by atoms with Crippen molar-refractivity contribution in [3.8, 4) is 5.69 Å². The third kappa shape index (κ3) is 4.73. The van der Waals surface area contributed by atoms with Crippen LogP contribution in [-0.4, -0.2) is 21.4 Å². The first-order valence-corrected chi connectivity index (χ1v) is 10.4. The molecule has 0 unspecified atom stereocenters. The van der Waals surface area contributed by atoms with Crippen molar-refractivity contribution < 1.29 is 4.79 Å². The quantitative estimate of drug-likeness (QED) is 0.426. The molecule has 2 aromatic carbocycles. The first-order valence-electron chi connectivity index (χ1n) is 7.78. The van der Waals surface area contributed by atoms with E-state index in [9.17, 15) is 4.79 Å². The summed E-state index contributed by atoms with van der Waals surface area (Å²) in [6.45, 7) is 4.01. The molecule has 0 atom stereocenters. The third-order valence-corrected chi connectivity index (χ3v) is 6.20. The van der Waals surface area contributed by atoms with Gasteiger partial charge in [-0.05, 0) is 62.0 Å². The van der Waals surface area contributed by atoms with E-state index in [-0.39, 0.29) is 11.7 Å². The SMILES string of the molecule is Cc1ccc(NC(=O)CSc2nn(-c3ccc(Cl)cc3)c(=S)s2)c(C)c1. The molecule has 0 aliphatic rings. The molecule has 0 spiro atoms. The summed E-state index contributed by atoms with van der Waals surface area (Å²) >= 11 is 14.0. The molecule has 0 radical (unpaired) electrons. The van der Waals surface area contributed by atoms with Crippen molar-refractivity contribution in [2.24, 2.45) is 0 Å². The van der Waals surface area contributed by atoms with Crippen molar-refractivity contribution in [1.82, 2.24) is 9.78 Å². The van der Waals surface area contributed by atoms with Crippen molar-refractivity contribution in [2.75, 3.05) is 11.1 Å². The van der Waals surface area contributed by atoms with E-state index in [4.69, 9.17) is 23.8 Å². The number of hydrogen-bond donors (Lipinski definition) is 1. The van der Waals surface area contributed by atoms with E-state index in [1.807, 2.05) is 44.2 Å². The molecule has 134 valence electrons. The van der Waals surface area contributed by atoms with Crippen LogP contribution in [0, 0.1) is 17.8 Å². The zero-order valence-electron chi connectivity index (χ0n) is 14.2. The van der Waals surface area contributed by atoms with Crippen LogP contribution < -0.4 is 5.32 Å². The van der Waals surface area contributed by atoms with Gasteiger partial charge in [-0.1, -0.05) is 52.4 Å². The van der Waals surface area contributed by atoms with Gasteiger partial charge in [0.05, 0.1) is 11.4 Å². The summed E-state index contributed by atoms with van der Waals surface area (Å²) in [5.41, 5.74) is 3.90. The maximum atomic E-state index is 12.2. The Hall–Kier alpha value is -1.67. The molecule has 0 aliphatic carbocycles. The van der Waals surface area contributed by atoms with E-state index >= 15 is 0 Å². The molecular weight excluding hydrogens is 406 g/mol. The number of nitrogens with one attached hydrogen (secondary N) is 1. The molecule has 4 nitrogen and oxygen atoms in total. The van der Waals surface area contributed by atoms with E-state index in [1.165, 1.54) is 28.7 Å². The highest BCUT2D eigenvalue weighted by Gasteiger charge is 2.10. The molecule has 3 aromatic rings.